The van der Waals surface area contributed by atoms with Gasteiger partial charge in [-0.3, -0.25) is 5.73 Å². The van der Waals surface area contributed by atoms with E-state index in [9.17, 15) is 0 Å². The van der Waals surface area contributed by atoms with E-state index in [1.54, 1.807) is 12.3 Å². The summed E-state index contributed by atoms with van der Waals surface area (Å²) in [6.45, 7) is 0. The Morgan fingerprint density at radius 2 is 2.25 bits per heavy atom. The van der Waals surface area contributed by atoms with Crippen LogP contribution in [0.1, 0.15) is 0 Å². The predicted octanol–water partition coefficient (Wildman–Crippen LogP) is 0.845. The summed E-state index contributed by atoms with van der Waals surface area (Å²) in [6.07, 6.45) is 1.79. The molecule has 0 saturated heterocycles. The van der Waals surface area contributed by atoms with Gasteiger partial charge in [-0.1, -0.05) is 0 Å². The van der Waals surface area contributed by atoms with E-state index in [0.717, 1.165) is 4.47 Å². The van der Waals surface area contributed by atoms with Crippen LogP contribution in [0, 0.1) is 0 Å². The van der Waals surface area contributed by atoms with Crippen LogP contribution in [0.25, 0.3) is 0 Å². The number of nitrogen functional groups attached to an aromatic ring is 1. The monoisotopic (exact) mass is 173 g/mol. The van der Waals surface area contributed by atoms with Crippen LogP contribution in [0.5, 0.6) is 0 Å². The van der Waals surface area contributed by atoms with Crippen molar-refractivity contribution in [2.24, 2.45) is 0 Å². The third-order valence-electron chi connectivity index (χ3n) is 0.799. The molecule has 0 saturated carbocycles. The average molecular weight is 174 g/mol. The summed E-state index contributed by atoms with van der Waals surface area (Å²) in [4.78, 5) is 2.83. The molecule has 1 aromatic heterocycles. The van der Waals surface area contributed by atoms with Gasteiger partial charge >= 0.3 is 0 Å². The molecule has 1 heterocycles. The minimum absolute atomic E-state index is 0.674. The van der Waals surface area contributed by atoms with E-state index in [1.807, 2.05) is 6.07 Å². The van der Waals surface area contributed by atoms with Crippen LogP contribution in [0.2, 0.25) is 0 Å². The normalized spacial score (nSPS) is 9.12. The van der Waals surface area contributed by atoms with Crippen molar-refractivity contribution < 1.29 is 4.98 Å². The Morgan fingerprint density at radius 3 is 2.62 bits per heavy atom. The molecule has 0 aliphatic rings. The Morgan fingerprint density at radius 1 is 1.50 bits per heavy atom. The summed E-state index contributed by atoms with van der Waals surface area (Å²) >= 11 is 3.26. The van der Waals surface area contributed by atoms with Crippen LogP contribution >= 0.6 is 15.9 Å². The van der Waals surface area contributed by atoms with Gasteiger partial charge in [0, 0.05) is 6.07 Å². The molecule has 0 aliphatic heterocycles. The van der Waals surface area contributed by atoms with Crippen LogP contribution in [-0.4, -0.2) is 0 Å². The molecule has 0 fully saturated rings. The van der Waals surface area contributed by atoms with E-state index in [1.165, 1.54) is 0 Å². The molecule has 0 aliphatic carbocycles. The van der Waals surface area contributed by atoms with Gasteiger partial charge in [0.15, 0.2) is 0 Å². The number of aromatic nitrogens is 1. The summed E-state index contributed by atoms with van der Waals surface area (Å²) in [5.41, 5.74) is 5.35. The molecule has 1 aromatic rings. The van der Waals surface area contributed by atoms with Crippen molar-refractivity contribution in [1.29, 1.82) is 0 Å². The molecule has 0 aromatic carbocycles. The van der Waals surface area contributed by atoms with Gasteiger partial charge in [-0.15, -0.1) is 0 Å². The molecule has 1 rings (SSSR count). The number of hydrogen-bond acceptors (Lipinski definition) is 1. The Bertz CT molecular complexity index is 149. The zero-order chi connectivity index (χ0) is 5.98. The highest BCUT2D eigenvalue weighted by Crippen LogP contribution is 2.04. The van der Waals surface area contributed by atoms with Gasteiger partial charge in [0.05, 0.1) is 4.47 Å². The first-order valence-electron chi connectivity index (χ1n) is 2.22. The number of aromatic amines is 1. The maximum atomic E-state index is 5.35. The van der Waals surface area contributed by atoms with Gasteiger partial charge in [-0.05, 0) is 22.0 Å². The van der Waals surface area contributed by atoms with Crippen molar-refractivity contribution in [2.45, 2.75) is 0 Å². The minimum atomic E-state index is 0.674. The molecule has 0 amide bonds. The van der Waals surface area contributed by atoms with E-state index in [-0.39, 0.29) is 0 Å². The third kappa shape index (κ3) is 1.20. The number of halogens is 1. The van der Waals surface area contributed by atoms with E-state index >= 15 is 0 Å². The topological polar surface area (TPSA) is 40.2 Å². The molecule has 0 radical (unpaired) electrons. The van der Waals surface area contributed by atoms with E-state index in [0.29, 0.717) is 5.82 Å². The zero-order valence-electron chi connectivity index (χ0n) is 4.19. The van der Waals surface area contributed by atoms with Crippen LogP contribution in [0.4, 0.5) is 5.82 Å². The van der Waals surface area contributed by atoms with Crippen LogP contribution in [0.15, 0.2) is 22.8 Å². The standard InChI is InChI=1S/C5H5BrN2/c6-4-1-2-5(7)8-3-4/h1-3H,(H2,7,8)/p+1. The minimum Gasteiger partial charge on any atom is -0.287 e. The van der Waals surface area contributed by atoms with Crippen molar-refractivity contribution in [3.8, 4) is 0 Å². The lowest BCUT2D eigenvalue weighted by atomic mass is 10.5. The van der Waals surface area contributed by atoms with E-state index in [4.69, 9.17) is 5.73 Å². The van der Waals surface area contributed by atoms with Crippen LogP contribution < -0.4 is 10.7 Å². The summed E-state index contributed by atoms with van der Waals surface area (Å²) in [5.74, 6) is 0.674. The highest BCUT2D eigenvalue weighted by molar-refractivity contribution is 9.10. The first-order chi connectivity index (χ1) is 3.79. The van der Waals surface area contributed by atoms with Gasteiger partial charge in [0.2, 0.25) is 0 Å². The fraction of sp³-hybridized carbons (Fsp3) is 0. The molecular weight excluding hydrogens is 168 g/mol. The first-order valence-corrected chi connectivity index (χ1v) is 3.01. The zero-order valence-corrected chi connectivity index (χ0v) is 5.77. The van der Waals surface area contributed by atoms with Crippen molar-refractivity contribution >= 4 is 21.7 Å². The van der Waals surface area contributed by atoms with Crippen molar-refractivity contribution in [3.05, 3.63) is 22.8 Å². The fourth-order valence-electron chi connectivity index (χ4n) is 0.418. The second-order valence-corrected chi connectivity index (χ2v) is 2.38. The SMILES string of the molecule is Nc1ccc(Br)c[nH+]1. The van der Waals surface area contributed by atoms with Gasteiger partial charge in [-0.25, -0.2) is 4.98 Å². The average Bonchev–Trinajstić information content (AvgIpc) is 1.77. The Kier molecular flexibility index (Phi) is 1.48. The molecule has 0 atom stereocenters. The number of anilines is 1. The van der Waals surface area contributed by atoms with E-state index in [2.05, 4.69) is 20.9 Å². The maximum Gasteiger partial charge on any atom is 0.270 e. The largest absolute Gasteiger partial charge is 0.287 e. The van der Waals surface area contributed by atoms with Gasteiger partial charge in [0.25, 0.3) is 5.82 Å². The van der Waals surface area contributed by atoms with E-state index < -0.39 is 0 Å². The highest BCUT2D eigenvalue weighted by atomic mass is 79.9. The number of H-pyrrole nitrogens is 1. The lowest BCUT2D eigenvalue weighted by molar-refractivity contribution is -0.361. The smallest absolute Gasteiger partial charge is 0.270 e. The Labute approximate surface area is 55.9 Å². The lowest BCUT2D eigenvalue weighted by Crippen LogP contribution is -2.07. The first kappa shape index (κ1) is 5.56. The molecule has 42 valence electrons. The summed E-state index contributed by atoms with van der Waals surface area (Å²) < 4.78 is 1.01. The molecule has 0 bridgehead atoms. The van der Waals surface area contributed by atoms with Gasteiger partial charge in [0.1, 0.15) is 6.20 Å². The van der Waals surface area contributed by atoms with Crippen molar-refractivity contribution in [1.82, 2.24) is 0 Å². The second-order valence-electron chi connectivity index (χ2n) is 1.46. The van der Waals surface area contributed by atoms with Crippen molar-refractivity contribution in [3.63, 3.8) is 0 Å². The molecule has 0 spiro atoms. The number of nitrogens with two attached hydrogens (primary N) is 1. The Balaban J connectivity index is 3.03. The lowest BCUT2D eigenvalue weighted by Gasteiger charge is -1.83. The quantitative estimate of drug-likeness (QED) is 0.622. The van der Waals surface area contributed by atoms with Gasteiger partial charge in [-0.2, -0.15) is 0 Å². The second kappa shape index (κ2) is 2.13. The van der Waals surface area contributed by atoms with Crippen molar-refractivity contribution in [2.75, 3.05) is 5.73 Å². The summed E-state index contributed by atoms with van der Waals surface area (Å²) in [6, 6.07) is 3.68. The molecule has 3 N–H and O–H groups in total. The molecule has 0 unspecified atom stereocenters. The predicted molar refractivity (Wildman–Crippen MR) is 35.1 cm³/mol. The molecular formula is C5H6BrN2+. The number of nitrogens with one attached hydrogen (secondary N) is 1. The van der Waals surface area contributed by atoms with Crippen LogP contribution in [0.3, 0.4) is 0 Å². The highest BCUT2D eigenvalue weighted by Gasteiger charge is 1.88. The number of pyridine rings is 1. The Hall–Kier alpha value is -0.570. The summed E-state index contributed by atoms with van der Waals surface area (Å²) in [5, 5.41) is 0. The molecule has 3 heteroatoms. The molecule has 2 nitrogen and oxygen atoms in total. The fourth-order valence-corrected chi connectivity index (χ4v) is 0.665. The number of rotatable bonds is 0. The molecule has 8 heavy (non-hydrogen) atoms. The van der Waals surface area contributed by atoms with Gasteiger partial charge < -0.3 is 0 Å². The number of hydrogen-bond donors (Lipinski definition) is 1. The van der Waals surface area contributed by atoms with Crippen LogP contribution in [-0.2, 0) is 0 Å². The maximum absolute atomic E-state index is 5.35. The third-order valence-corrected chi connectivity index (χ3v) is 1.29. The summed E-state index contributed by atoms with van der Waals surface area (Å²) in [7, 11) is 0.